The number of hydrogen-bond donors (Lipinski definition) is 2. The summed E-state index contributed by atoms with van der Waals surface area (Å²) in [4.78, 5) is 10.5. The lowest BCUT2D eigenvalue weighted by molar-refractivity contribution is -0.355. The van der Waals surface area contributed by atoms with Crippen molar-refractivity contribution in [1.82, 2.24) is 15.2 Å². The van der Waals surface area contributed by atoms with E-state index in [4.69, 9.17) is 14.8 Å². The Morgan fingerprint density at radius 2 is 1.67 bits per heavy atom. The lowest BCUT2D eigenvalue weighted by Crippen LogP contribution is -2.53. The van der Waals surface area contributed by atoms with E-state index in [1.54, 1.807) is 5.06 Å². The van der Waals surface area contributed by atoms with Gasteiger partial charge < -0.3 is 10.3 Å². The fourth-order valence-corrected chi connectivity index (χ4v) is 1.23. The van der Waals surface area contributed by atoms with Crippen molar-refractivity contribution in [2.24, 2.45) is 0 Å². The van der Waals surface area contributed by atoms with E-state index in [2.05, 4.69) is 0 Å². The van der Waals surface area contributed by atoms with E-state index in [-0.39, 0.29) is 19.9 Å². The lowest BCUT2D eigenvalue weighted by atomic mass is 10.5. The molecule has 15 heavy (non-hydrogen) atoms. The van der Waals surface area contributed by atoms with Crippen molar-refractivity contribution in [3.05, 3.63) is 0 Å². The second-order valence-electron chi connectivity index (χ2n) is 3.28. The van der Waals surface area contributed by atoms with Crippen molar-refractivity contribution >= 4 is 0 Å². The molecule has 0 atom stereocenters. The summed E-state index contributed by atoms with van der Waals surface area (Å²) in [5, 5.41) is 22.2. The minimum absolute atomic E-state index is 0.0439. The molecule has 0 unspecified atom stereocenters. The number of rotatable bonds is 6. The van der Waals surface area contributed by atoms with Crippen LogP contribution in [0.2, 0.25) is 0 Å². The summed E-state index contributed by atoms with van der Waals surface area (Å²) in [6.45, 7) is 3.87. The predicted molar refractivity (Wildman–Crippen MR) is 51.2 cm³/mol. The minimum atomic E-state index is -0.0439. The van der Waals surface area contributed by atoms with E-state index in [0.717, 1.165) is 11.5 Å². The maximum Gasteiger partial charge on any atom is 0.103 e. The summed E-state index contributed by atoms with van der Waals surface area (Å²) < 4.78 is 0. The van der Waals surface area contributed by atoms with Crippen molar-refractivity contribution < 1.29 is 20.0 Å². The van der Waals surface area contributed by atoms with Gasteiger partial charge in [0, 0.05) is 0 Å². The van der Waals surface area contributed by atoms with Crippen LogP contribution in [0.1, 0.15) is 13.3 Å². The Morgan fingerprint density at radius 3 is 2.20 bits per heavy atom. The van der Waals surface area contributed by atoms with Gasteiger partial charge in [-0.15, -0.1) is 0 Å². The van der Waals surface area contributed by atoms with Crippen LogP contribution in [0.3, 0.4) is 0 Å². The molecule has 1 aliphatic heterocycles. The zero-order valence-corrected chi connectivity index (χ0v) is 9.00. The molecule has 0 bridgehead atoms. The Bertz CT molecular complexity index is 156. The Labute approximate surface area is 89.2 Å². The van der Waals surface area contributed by atoms with Crippen molar-refractivity contribution in [2.75, 3.05) is 39.8 Å². The van der Waals surface area contributed by atoms with Crippen LogP contribution >= 0.6 is 0 Å². The second-order valence-corrected chi connectivity index (χ2v) is 3.28. The van der Waals surface area contributed by atoms with E-state index >= 15 is 0 Å². The van der Waals surface area contributed by atoms with Gasteiger partial charge >= 0.3 is 0 Å². The zero-order chi connectivity index (χ0) is 11.1. The Morgan fingerprint density at radius 1 is 1.07 bits per heavy atom. The zero-order valence-electron chi connectivity index (χ0n) is 9.00. The SMILES string of the molecule is CCCON1CN(O)CN(OCCO)C1. The van der Waals surface area contributed by atoms with E-state index in [1.165, 1.54) is 5.06 Å². The van der Waals surface area contributed by atoms with Gasteiger partial charge in [-0.25, -0.2) is 0 Å². The van der Waals surface area contributed by atoms with E-state index in [1.807, 2.05) is 6.92 Å². The van der Waals surface area contributed by atoms with Gasteiger partial charge in [0.25, 0.3) is 0 Å². The summed E-state index contributed by atoms with van der Waals surface area (Å²) in [6.07, 6.45) is 0.916. The first kappa shape index (κ1) is 12.8. The number of hydroxylamine groups is 6. The molecule has 1 saturated heterocycles. The van der Waals surface area contributed by atoms with E-state index in [9.17, 15) is 5.21 Å². The number of aliphatic hydroxyl groups excluding tert-OH is 1. The van der Waals surface area contributed by atoms with Crippen molar-refractivity contribution in [3.8, 4) is 0 Å². The fourth-order valence-electron chi connectivity index (χ4n) is 1.23. The van der Waals surface area contributed by atoms with E-state index in [0.29, 0.717) is 19.9 Å². The first-order valence-electron chi connectivity index (χ1n) is 5.06. The molecule has 1 rings (SSSR count). The normalized spacial score (nSPS) is 21.0. The summed E-state index contributed by atoms with van der Waals surface area (Å²) >= 11 is 0. The molecule has 90 valence electrons. The van der Waals surface area contributed by atoms with Crippen LogP contribution in [0.25, 0.3) is 0 Å². The van der Waals surface area contributed by atoms with Crippen molar-refractivity contribution in [3.63, 3.8) is 0 Å². The van der Waals surface area contributed by atoms with E-state index < -0.39 is 0 Å². The Kier molecular flexibility index (Phi) is 6.03. The number of hydrogen-bond acceptors (Lipinski definition) is 7. The van der Waals surface area contributed by atoms with Crippen molar-refractivity contribution in [2.45, 2.75) is 13.3 Å². The monoisotopic (exact) mass is 221 g/mol. The molecule has 0 radical (unpaired) electrons. The molecule has 2 N–H and O–H groups in total. The highest BCUT2D eigenvalue weighted by Crippen LogP contribution is 2.06. The Hall–Kier alpha value is -0.280. The summed E-state index contributed by atoms with van der Waals surface area (Å²) in [7, 11) is 0. The molecule has 7 nitrogen and oxygen atoms in total. The van der Waals surface area contributed by atoms with Gasteiger partial charge in [-0.3, -0.25) is 9.68 Å². The number of nitrogens with zero attached hydrogens (tertiary/aromatic N) is 3. The summed E-state index contributed by atoms with van der Waals surface area (Å²) in [5.41, 5.74) is 0. The third-order valence-electron chi connectivity index (χ3n) is 1.80. The quantitative estimate of drug-likeness (QED) is 0.622. The first-order chi connectivity index (χ1) is 7.26. The molecule has 1 fully saturated rings. The van der Waals surface area contributed by atoms with Crippen LogP contribution in [0.5, 0.6) is 0 Å². The molecule has 0 aromatic rings. The largest absolute Gasteiger partial charge is 0.394 e. The highest BCUT2D eigenvalue weighted by molar-refractivity contribution is 4.50. The summed E-state index contributed by atoms with van der Waals surface area (Å²) in [6, 6.07) is 0. The third-order valence-corrected chi connectivity index (χ3v) is 1.80. The van der Waals surface area contributed by atoms with Gasteiger partial charge in [-0.1, -0.05) is 6.92 Å². The molecule has 0 saturated carbocycles. The Balaban J connectivity index is 2.27. The molecule has 0 spiro atoms. The van der Waals surface area contributed by atoms with Gasteiger partial charge in [0.05, 0.1) is 19.8 Å². The minimum Gasteiger partial charge on any atom is -0.394 e. The van der Waals surface area contributed by atoms with Gasteiger partial charge in [-0.05, 0) is 6.42 Å². The molecule has 1 heterocycles. The molecular formula is C8H19N3O4. The molecule has 0 aliphatic carbocycles. The fraction of sp³-hybridized carbons (Fsp3) is 1.00. The molecular weight excluding hydrogens is 202 g/mol. The van der Waals surface area contributed by atoms with Crippen LogP contribution in [-0.2, 0) is 9.68 Å². The second kappa shape index (κ2) is 7.07. The molecule has 1 aliphatic rings. The molecule has 7 heteroatoms. The predicted octanol–water partition coefficient (Wildman–Crippen LogP) is -0.567. The maximum atomic E-state index is 9.38. The van der Waals surface area contributed by atoms with Crippen LogP contribution in [0.4, 0.5) is 0 Å². The smallest absolute Gasteiger partial charge is 0.103 e. The van der Waals surface area contributed by atoms with Crippen LogP contribution in [0.15, 0.2) is 0 Å². The van der Waals surface area contributed by atoms with Crippen LogP contribution in [-0.4, -0.2) is 65.3 Å². The van der Waals surface area contributed by atoms with Gasteiger partial charge in [0.1, 0.15) is 20.0 Å². The standard InChI is InChI=1S/C8H19N3O4/c1-2-4-14-10-6-9(13)7-11(8-10)15-5-3-12/h12-13H,2-8H2,1H3. The van der Waals surface area contributed by atoms with Gasteiger partial charge in [-0.2, -0.15) is 15.2 Å². The van der Waals surface area contributed by atoms with Gasteiger partial charge in [0.2, 0.25) is 0 Å². The third kappa shape index (κ3) is 4.85. The highest BCUT2D eigenvalue weighted by atomic mass is 16.7. The molecule has 0 amide bonds. The average molecular weight is 221 g/mol. The highest BCUT2D eigenvalue weighted by Gasteiger charge is 2.23. The summed E-state index contributed by atoms with van der Waals surface area (Å²) in [5.74, 6) is 0. The molecule has 0 aromatic carbocycles. The molecule has 0 aromatic heterocycles. The van der Waals surface area contributed by atoms with Crippen LogP contribution < -0.4 is 0 Å². The van der Waals surface area contributed by atoms with Gasteiger partial charge in [0.15, 0.2) is 0 Å². The first-order valence-corrected chi connectivity index (χ1v) is 5.06. The van der Waals surface area contributed by atoms with Crippen molar-refractivity contribution in [1.29, 1.82) is 0 Å². The lowest BCUT2D eigenvalue weighted by Gasteiger charge is -2.37. The average Bonchev–Trinajstić information content (AvgIpc) is 2.23. The van der Waals surface area contributed by atoms with Crippen LogP contribution in [0, 0.1) is 0 Å². The number of aliphatic hydroxyl groups is 1. The maximum absolute atomic E-state index is 9.38. The topological polar surface area (TPSA) is 68.6 Å².